The van der Waals surface area contributed by atoms with Gasteiger partial charge in [-0.15, -0.1) is 0 Å². The Morgan fingerprint density at radius 2 is 2.50 bits per heavy atom. The minimum absolute atomic E-state index is 0.324. The van der Waals surface area contributed by atoms with Crippen LogP contribution in [-0.2, 0) is 13.1 Å². The molecule has 1 aromatic rings. The van der Waals surface area contributed by atoms with Crippen LogP contribution in [0.3, 0.4) is 0 Å². The maximum absolute atomic E-state index is 9.15. The van der Waals surface area contributed by atoms with Gasteiger partial charge in [0.1, 0.15) is 5.82 Å². The maximum atomic E-state index is 9.15. The first-order chi connectivity index (χ1) is 5.74. The number of imidazole rings is 1. The van der Waals surface area contributed by atoms with E-state index in [1.165, 1.54) is 0 Å². The van der Waals surface area contributed by atoms with Gasteiger partial charge in [0, 0.05) is 18.9 Å². The van der Waals surface area contributed by atoms with Gasteiger partial charge in [0.15, 0.2) is 0 Å². The summed E-state index contributed by atoms with van der Waals surface area (Å²) in [5, 5.41) is 12.2. The zero-order valence-electron chi connectivity index (χ0n) is 7.49. The molecule has 1 atom stereocenters. The van der Waals surface area contributed by atoms with Crippen LogP contribution in [0.1, 0.15) is 12.7 Å². The third-order valence-corrected chi connectivity index (χ3v) is 1.60. The van der Waals surface area contributed by atoms with E-state index in [1.807, 2.05) is 17.8 Å². The Labute approximate surface area is 72.2 Å². The lowest BCUT2D eigenvalue weighted by Crippen LogP contribution is -2.17. The Morgan fingerprint density at radius 1 is 1.75 bits per heavy atom. The standard InChI is InChI=1S/C8H15N3O/c1-7(12)6-11-4-3-10-8(11)5-9-2/h3-4,7,9,12H,5-6H2,1-2H3. The van der Waals surface area contributed by atoms with Crippen molar-refractivity contribution in [2.24, 2.45) is 0 Å². The predicted octanol–water partition coefficient (Wildman–Crippen LogP) is -0.0167. The Hall–Kier alpha value is -0.870. The minimum Gasteiger partial charge on any atom is -0.392 e. The minimum atomic E-state index is -0.324. The summed E-state index contributed by atoms with van der Waals surface area (Å²) in [6.07, 6.45) is 3.30. The summed E-state index contributed by atoms with van der Waals surface area (Å²) in [6.45, 7) is 3.11. The fourth-order valence-corrected chi connectivity index (χ4v) is 1.12. The average Bonchev–Trinajstić information content (AvgIpc) is 2.37. The average molecular weight is 169 g/mol. The van der Waals surface area contributed by atoms with Gasteiger partial charge in [0.2, 0.25) is 0 Å². The first kappa shape index (κ1) is 9.22. The number of hydrogen-bond acceptors (Lipinski definition) is 3. The third-order valence-electron chi connectivity index (χ3n) is 1.60. The second kappa shape index (κ2) is 4.23. The molecule has 0 fully saturated rings. The van der Waals surface area contributed by atoms with Crippen LogP contribution >= 0.6 is 0 Å². The fraction of sp³-hybridized carbons (Fsp3) is 0.625. The maximum Gasteiger partial charge on any atom is 0.122 e. The van der Waals surface area contributed by atoms with E-state index in [9.17, 15) is 0 Å². The zero-order valence-corrected chi connectivity index (χ0v) is 7.49. The highest BCUT2D eigenvalue weighted by Crippen LogP contribution is 1.98. The SMILES string of the molecule is CNCc1nccn1CC(C)O. The number of rotatable bonds is 4. The van der Waals surface area contributed by atoms with Crippen molar-refractivity contribution in [1.82, 2.24) is 14.9 Å². The van der Waals surface area contributed by atoms with Gasteiger partial charge in [-0.1, -0.05) is 0 Å². The van der Waals surface area contributed by atoms with E-state index in [0.29, 0.717) is 6.54 Å². The monoisotopic (exact) mass is 169 g/mol. The quantitative estimate of drug-likeness (QED) is 0.666. The zero-order chi connectivity index (χ0) is 8.97. The molecule has 0 amide bonds. The second-order valence-electron chi connectivity index (χ2n) is 2.88. The lowest BCUT2D eigenvalue weighted by atomic mass is 10.4. The van der Waals surface area contributed by atoms with E-state index in [4.69, 9.17) is 5.11 Å². The van der Waals surface area contributed by atoms with E-state index in [2.05, 4.69) is 10.3 Å². The summed E-state index contributed by atoms with van der Waals surface area (Å²) in [4.78, 5) is 4.15. The number of aromatic nitrogens is 2. The van der Waals surface area contributed by atoms with Crippen LogP contribution in [0.5, 0.6) is 0 Å². The number of nitrogens with zero attached hydrogens (tertiary/aromatic N) is 2. The lowest BCUT2D eigenvalue weighted by Gasteiger charge is -2.08. The first-order valence-corrected chi connectivity index (χ1v) is 4.06. The molecule has 0 aliphatic rings. The highest BCUT2D eigenvalue weighted by atomic mass is 16.3. The summed E-state index contributed by atoms with van der Waals surface area (Å²) < 4.78 is 1.95. The van der Waals surface area contributed by atoms with Gasteiger partial charge < -0.3 is 15.0 Å². The molecule has 0 aliphatic carbocycles. The molecule has 1 unspecified atom stereocenters. The number of hydrogen-bond donors (Lipinski definition) is 2. The van der Waals surface area contributed by atoms with Crippen LogP contribution in [-0.4, -0.2) is 27.8 Å². The van der Waals surface area contributed by atoms with Crippen molar-refractivity contribution < 1.29 is 5.11 Å². The summed E-state index contributed by atoms with van der Waals surface area (Å²) in [5.74, 6) is 0.957. The normalized spacial score (nSPS) is 13.2. The van der Waals surface area contributed by atoms with Crippen LogP contribution in [0.15, 0.2) is 12.4 Å². The molecule has 1 rings (SSSR count). The molecule has 0 radical (unpaired) electrons. The Kier molecular flexibility index (Phi) is 3.25. The predicted molar refractivity (Wildman–Crippen MR) is 46.7 cm³/mol. The summed E-state index contributed by atoms with van der Waals surface area (Å²) in [6, 6.07) is 0. The third kappa shape index (κ3) is 2.32. The molecule has 0 bridgehead atoms. The molecular formula is C8H15N3O. The smallest absolute Gasteiger partial charge is 0.122 e. The van der Waals surface area contributed by atoms with E-state index in [-0.39, 0.29) is 6.10 Å². The van der Waals surface area contributed by atoms with Gasteiger partial charge in [-0.25, -0.2) is 4.98 Å². The Bertz CT molecular complexity index is 232. The van der Waals surface area contributed by atoms with Crippen molar-refractivity contribution in [3.8, 4) is 0 Å². The van der Waals surface area contributed by atoms with Crippen LogP contribution in [0.4, 0.5) is 0 Å². The molecule has 2 N–H and O–H groups in total. The van der Waals surface area contributed by atoms with E-state index >= 15 is 0 Å². The van der Waals surface area contributed by atoms with Gasteiger partial charge in [-0.2, -0.15) is 0 Å². The summed E-state index contributed by atoms with van der Waals surface area (Å²) in [5.41, 5.74) is 0. The Morgan fingerprint density at radius 3 is 3.08 bits per heavy atom. The molecule has 0 spiro atoms. The molecule has 0 saturated carbocycles. The molecule has 0 saturated heterocycles. The molecular weight excluding hydrogens is 154 g/mol. The van der Waals surface area contributed by atoms with E-state index in [1.54, 1.807) is 13.1 Å². The number of nitrogens with one attached hydrogen (secondary N) is 1. The topological polar surface area (TPSA) is 50.1 Å². The van der Waals surface area contributed by atoms with E-state index in [0.717, 1.165) is 12.4 Å². The first-order valence-electron chi connectivity index (χ1n) is 4.06. The molecule has 1 aromatic heterocycles. The molecule has 4 heteroatoms. The lowest BCUT2D eigenvalue weighted by molar-refractivity contribution is 0.172. The highest BCUT2D eigenvalue weighted by molar-refractivity contribution is 4.91. The largest absolute Gasteiger partial charge is 0.392 e. The summed E-state index contributed by atoms with van der Waals surface area (Å²) in [7, 11) is 1.88. The van der Waals surface area contributed by atoms with Crippen molar-refractivity contribution >= 4 is 0 Å². The van der Waals surface area contributed by atoms with Crippen LogP contribution in [0.25, 0.3) is 0 Å². The van der Waals surface area contributed by atoms with Gasteiger partial charge in [-0.05, 0) is 14.0 Å². The van der Waals surface area contributed by atoms with Gasteiger partial charge in [-0.3, -0.25) is 0 Å². The molecule has 4 nitrogen and oxygen atoms in total. The number of aliphatic hydroxyl groups excluding tert-OH is 1. The van der Waals surface area contributed by atoms with Gasteiger partial charge >= 0.3 is 0 Å². The molecule has 12 heavy (non-hydrogen) atoms. The van der Waals surface area contributed by atoms with Crippen LogP contribution in [0, 0.1) is 0 Å². The van der Waals surface area contributed by atoms with Crippen molar-refractivity contribution in [3.05, 3.63) is 18.2 Å². The second-order valence-corrected chi connectivity index (χ2v) is 2.88. The number of aliphatic hydroxyl groups is 1. The van der Waals surface area contributed by atoms with Crippen molar-refractivity contribution in [3.63, 3.8) is 0 Å². The van der Waals surface area contributed by atoms with Crippen LogP contribution in [0.2, 0.25) is 0 Å². The van der Waals surface area contributed by atoms with Crippen LogP contribution < -0.4 is 5.32 Å². The van der Waals surface area contributed by atoms with Gasteiger partial charge in [0.05, 0.1) is 12.6 Å². The fourth-order valence-electron chi connectivity index (χ4n) is 1.12. The summed E-state index contributed by atoms with van der Waals surface area (Å²) >= 11 is 0. The molecule has 0 aromatic carbocycles. The van der Waals surface area contributed by atoms with Crippen molar-refractivity contribution in [2.75, 3.05) is 7.05 Å². The Balaban J connectivity index is 2.63. The van der Waals surface area contributed by atoms with Gasteiger partial charge in [0.25, 0.3) is 0 Å². The molecule has 0 aliphatic heterocycles. The molecule has 1 heterocycles. The van der Waals surface area contributed by atoms with Crippen molar-refractivity contribution in [1.29, 1.82) is 0 Å². The van der Waals surface area contributed by atoms with Crippen molar-refractivity contribution in [2.45, 2.75) is 26.1 Å². The highest BCUT2D eigenvalue weighted by Gasteiger charge is 2.03. The molecule has 68 valence electrons. The van der Waals surface area contributed by atoms with E-state index < -0.39 is 0 Å².